The molecule has 0 fully saturated rings. The van der Waals surface area contributed by atoms with Gasteiger partial charge in [0.1, 0.15) is 0 Å². The van der Waals surface area contributed by atoms with Gasteiger partial charge in [0.25, 0.3) is 0 Å². The van der Waals surface area contributed by atoms with E-state index in [1.807, 2.05) is 0 Å². The summed E-state index contributed by atoms with van der Waals surface area (Å²) < 4.78 is 14.0. The van der Waals surface area contributed by atoms with Gasteiger partial charge in [0.15, 0.2) is 0 Å². The van der Waals surface area contributed by atoms with E-state index < -0.39 is 11.9 Å². The van der Waals surface area contributed by atoms with Gasteiger partial charge in [0.2, 0.25) is 0 Å². The van der Waals surface area contributed by atoms with Crippen LogP contribution in [0.15, 0.2) is 0 Å². The molecule has 0 amide bonds. The Morgan fingerprint density at radius 2 is 1.42 bits per heavy atom. The van der Waals surface area contributed by atoms with Crippen LogP contribution in [0.3, 0.4) is 0 Å². The summed E-state index contributed by atoms with van der Waals surface area (Å²) in [5, 5.41) is 0. The fraction of sp³-hybridized carbons (Fsp3) is 0.833. The van der Waals surface area contributed by atoms with Gasteiger partial charge in [-0.1, -0.05) is 0 Å². The molecule has 12 heavy (non-hydrogen) atoms. The van der Waals surface area contributed by atoms with Crippen LogP contribution in [0.4, 0.5) is 0 Å². The first-order valence-corrected chi connectivity index (χ1v) is 3.07. The molecule has 0 aromatic carbocycles. The van der Waals surface area contributed by atoms with Gasteiger partial charge < -0.3 is 14.2 Å². The molecule has 0 saturated carbocycles. The highest BCUT2D eigenvalue weighted by molar-refractivity contribution is 5.75. The van der Waals surface area contributed by atoms with E-state index in [2.05, 4.69) is 24.0 Å². The number of carbonyl (C=O) groups is 1. The fourth-order valence-corrected chi connectivity index (χ4v) is 0.627. The summed E-state index contributed by atoms with van der Waals surface area (Å²) in [6.45, 7) is 0. The van der Waals surface area contributed by atoms with Crippen molar-refractivity contribution in [1.82, 2.24) is 0 Å². The van der Waals surface area contributed by atoms with Gasteiger partial charge >= 0.3 is 11.9 Å². The van der Waals surface area contributed by atoms with Crippen molar-refractivity contribution in [3.63, 3.8) is 0 Å². The van der Waals surface area contributed by atoms with Crippen LogP contribution in [-0.4, -0.2) is 40.4 Å². The Hall–Kier alpha value is -0.690. The zero-order valence-electron chi connectivity index (χ0n) is 7.45. The van der Waals surface area contributed by atoms with Crippen LogP contribution >= 0.6 is 0 Å². The molecule has 0 aliphatic rings. The third-order valence-corrected chi connectivity index (χ3v) is 1.22. The summed E-state index contributed by atoms with van der Waals surface area (Å²) in [6.07, 6.45) is 0. The quantitative estimate of drug-likeness (QED) is 0.328. The second-order valence-corrected chi connectivity index (χ2v) is 1.71. The van der Waals surface area contributed by atoms with E-state index in [-0.39, 0.29) is 0 Å². The summed E-state index contributed by atoms with van der Waals surface area (Å²) >= 11 is 0. The predicted octanol–water partition coefficient (Wildman–Crippen LogP) is -0.316. The third-order valence-electron chi connectivity index (χ3n) is 1.22. The van der Waals surface area contributed by atoms with E-state index in [1.165, 1.54) is 28.4 Å². The maximum Gasteiger partial charge on any atom is 0.431 e. The molecule has 0 rings (SSSR count). The number of rotatable bonds is 5. The standard InChI is InChI=1S/C6H12O6/c1-8-6(9-2,10-3)5(7)12-11-4/h1-4H3. The normalized spacial score (nSPS) is 11.3. The largest absolute Gasteiger partial charge is 0.431 e. The second kappa shape index (κ2) is 5.04. The summed E-state index contributed by atoms with van der Waals surface area (Å²) in [5.41, 5.74) is 0. The van der Waals surface area contributed by atoms with Crippen LogP contribution in [-0.2, 0) is 28.8 Å². The van der Waals surface area contributed by atoms with Crippen molar-refractivity contribution in [1.29, 1.82) is 0 Å². The Labute approximate surface area is 70.2 Å². The van der Waals surface area contributed by atoms with E-state index in [4.69, 9.17) is 0 Å². The predicted molar refractivity (Wildman–Crippen MR) is 36.9 cm³/mol. The highest BCUT2D eigenvalue weighted by Crippen LogP contribution is 2.13. The van der Waals surface area contributed by atoms with Crippen molar-refractivity contribution in [3.8, 4) is 0 Å². The van der Waals surface area contributed by atoms with Gasteiger partial charge in [0.05, 0.1) is 7.11 Å². The highest BCUT2D eigenvalue weighted by Gasteiger charge is 2.42. The zero-order valence-corrected chi connectivity index (χ0v) is 7.45. The van der Waals surface area contributed by atoms with Crippen molar-refractivity contribution in [3.05, 3.63) is 0 Å². The zero-order chi connectivity index (χ0) is 9.61. The molecule has 0 aromatic rings. The number of carbonyl (C=O) groups excluding carboxylic acids is 1. The van der Waals surface area contributed by atoms with Gasteiger partial charge in [-0.25, -0.2) is 4.79 Å². The molecule has 0 unspecified atom stereocenters. The molecule has 6 nitrogen and oxygen atoms in total. The lowest BCUT2D eigenvalue weighted by atomic mass is 10.5. The van der Waals surface area contributed by atoms with Crippen LogP contribution in [0.25, 0.3) is 0 Å². The molecule has 0 aliphatic heterocycles. The van der Waals surface area contributed by atoms with Crippen LogP contribution in [0.2, 0.25) is 0 Å². The van der Waals surface area contributed by atoms with Crippen LogP contribution in [0.1, 0.15) is 0 Å². The number of hydrogen-bond donors (Lipinski definition) is 0. The molecule has 72 valence electrons. The van der Waals surface area contributed by atoms with Gasteiger partial charge in [-0.2, -0.15) is 4.89 Å². The SMILES string of the molecule is COOC(=O)C(OC)(OC)OC. The van der Waals surface area contributed by atoms with Crippen LogP contribution in [0.5, 0.6) is 0 Å². The lowest BCUT2D eigenvalue weighted by molar-refractivity contribution is -0.366. The Morgan fingerprint density at radius 1 is 1.00 bits per heavy atom. The first-order valence-electron chi connectivity index (χ1n) is 3.07. The van der Waals surface area contributed by atoms with Crippen molar-refractivity contribution in [2.45, 2.75) is 5.97 Å². The maximum atomic E-state index is 11.0. The molecule has 0 radical (unpaired) electrons. The topological polar surface area (TPSA) is 63.2 Å². The molecule has 0 N–H and O–H groups in total. The minimum atomic E-state index is -1.85. The van der Waals surface area contributed by atoms with Gasteiger partial charge in [-0.05, 0) is 0 Å². The van der Waals surface area contributed by atoms with Crippen LogP contribution in [0, 0.1) is 0 Å². The minimum Gasteiger partial charge on any atom is -0.322 e. The number of methoxy groups -OCH3 is 3. The Bertz CT molecular complexity index is 133. The summed E-state index contributed by atoms with van der Waals surface area (Å²) in [4.78, 5) is 19.3. The van der Waals surface area contributed by atoms with Gasteiger partial charge in [-0.15, -0.1) is 0 Å². The van der Waals surface area contributed by atoms with Crippen molar-refractivity contribution >= 4 is 5.97 Å². The average Bonchev–Trinajstić information content (AvgIpc) is 2.09. The van der Waals surface area contributed by atoms with Crippen molar-refractivity contribution < 1.29 is 28.8 Å². The second-order valence-electron chi connectivity index (χ2n) is 1.71. The first-order chi connectivity index (χ1) is 5.66. The molecule has 0 heterocycles. The van der Waals surface area contributed by atoms with Gasteiger partial charge in [0, 0.05) is 21.3 Å². The molecular weight excluding hydrogens is 168 g/mol. The van der Waals surface area contributed by atoms with E-state index in [0.717, 1.165) is 0 Å². The van der Waals surface area contributed by atoms with E-state index in [1.54, 1.807) is 0 Å². The smallest absolute Gasteiger partial charge is 0.322 e. The van der Waals surface area contributed by atoms with Crippen molar-refractivity contribution in [2.24, 2.45) is 0 Å². The number of ether oxygens (including phenoxy) is 3. The summed E-state index contributed by atoms with van der Waals surface area (Å²) in [7, 11) is 4.90. The van der Waals surface area contributed by atoms with Gasteiger partial charge in [-0.3, -0.25) is 4.89 Å². The van der Waals surface area contributed by atoms with E-state index >= 15 is 0 Å². The fourth-order valence-electron chi connectivity index (χ4n) is 0.627. The Balaban J connectivity index is 4.36. The Morgan fingerprint density at radius 3 is 1.67 bits per heavy atom. The third kappa shape index (κ3) is 2.15. The average molecular weight is 180 g/mol. The molecule has 6 heteroatoms. The summed E-state index contributed by atoms with van der Waals surface area (Å²) in [5.74, 6) is -2.77. The lowest BCUT2D eigenvalue weighted by Crippen LogP contribution is -2.45. The monoisotopic (exact) mass is 180 g/mol. The first kappa shape index (κ1) is 11.3. The van der Waals surface area contributed by atoms with Crippen molar-refractivity contribution in [2.75, 3.05) is 28.4 Å². The molecule has 0 atom stereocenters. The molecule has 0 aliphatic carbocycles. The summed E-state index contributed by atoms with van der Waals surface area (Å²) in [6, 6.07) is 0. The Kier molecular flexibility index (Phi) is 4.75. The molecular formula is C6H12O6. The highest BCUT2D eigenvalue weighted by atomic mass is 17.2. The van der Waals surface area contributed by atoms with Crippen LogP contribution < -0.4 is 0 Å². The van der Waals surface area contributed by atoms with E-state index in [0.29, 0.717) is 0 Å². The molecule has 0 spiro atoms. The molecule has 0 saturated heterocycles. The minimum absolute atomic E-state index is 0.919. The number of hydrogen-bond acceptors (Lipinski definition) is 6. The molecule has 0 aromatic heterocycles. The molecule has 0 bridgehead atoms. The maximum absolute atomic E-state index is 11.0. The van der Waals surface area contributed by atoms with E-state index in [9.17, 15) is 4.79 Å². The lowest BCUT2D eigenvalue weighted by Gasteiger charge is -2.24.